The van der Waals surface area contributed by atoms with Crippen LogP contribution in [0, 0.1) is 17.7 Å². The van der Waals surface area contributed by atoms with E-state index < -0.39 is 12.8 Å². The van der Waals surface area contributed by atoms with Gasteiger partial charge in [0.2, 0.25) is 5.91 Å². The number of halogens is 1. The van der Waals surface area contributed by atoms with E-state index in [0.717, 1.165) is 6.42 Å². The normalized spacial score (nSPS) is 21.4. The highest BCUT2D eigenvalue weighted by Gasteiger charge is 2.39. The highest BCUT2D eigenvalue weighted by atomic mass is 19.1. The van der Waals surface area contributed by atoms with Crippen LogP contribution in [0.4, 0.5) is 21.7 Å². The molecule has 2 fully saturated rings. The third-order valence-corrected chi connectivity index (χ3v) is 6.44. The summed E-state index contributed by atoms with van der Waals surface area (Å²) in [6.45, 7) is 1.83. The largest absolute Gasteiger partial charge is 0.378 e. The predicted octanol–water partition coefficient (Wildman–Crippen LogP) is 2.35. The summed E-state index contributed by atoms with van der Waals surface area (Å²) in [5.41, 5.74) is 1.19. The molecule has 1 aliphatic carbocycles. The molecule has 0 bridgehead atoms. The van der Waals surface area contributed by atoms with Crippen molar-refractivity contribution in [1.29, 1.82) is 0 Å². The molecule has 180 valence electrons. The second-order valence-electron chi connectivity index (χ2n) is 8.80. The molecule has 1 saturated heterocycles. The van der Waals surface area contributed by atoms with Gasteiger partial charge in [0.1, 0.15) is 5.52 Å². The van der Waals surface area contributed by atoms with E-state index in [1.165, 1.54) is 16.8 Å². The van der Waals surface area contributed by atoms with Crippen LogP contribution in [-0.2, 0) is 9.53 Å². The van der Waals surface area contributed by atoms with Crippen LogP contribution in [-0.4, -0.2) is 69.0 Å². The number of nitrogens with one attached hydrogen (secondary N) is 2. The highest BCUT2D eigenvalue weighted by Crippen LogP contribution is 2.38. The summed E-state index contributed by atoms with van der Waals surface area (Å²) >= 11 is 0. The van der Waals surface area contributed by atoms with Crippen LogP contribution < -0.4 is 15.5 Å². The van der Waals surface area contributed by atoms with Crippen molar-refractivity contribution in [2.45, 2.75) is 13.3 Å². The fourth-order valence-electron chi connectivity index (χ4n) is 4.31. The summed E-state index contributed by atoms with van der Waals surface area (Å²) in [5, 5.41) is 18.2. The number of hydrogen-bond acceptors (Lipinski definition) is 9. The zero-order chi connectivity index (χ0) is 26.6. The van der Waals surface area contributed by atoms with Crippen LogP contribution in [0.5, 0.6) is 0 Å². The lowest BCUT2D eigenvalue weighted by Crippen LogP contribution is -2.36. The molecule has 1 amide bonds. The predicted molar refractivity (Wildman–Crippen MR) is 128 cm³/mol. The Balaban J connectivity index is 1.44. The second kappa shape index (κ2) is 8.38. The molecular formula is C23H24FN9O2. The molecule has 0 aromatic carbocycles. The molecular weight excluding hydrogens is 453 g/mol. The van der Waals surface area contributed by atoms with Crippen molar-refractivity contribution in [2.75, 3.05) is 48.8 Å². The lowest BCUT2D eigenvalue weighted by Gasteiger charge is -2.28. The number of ether oxygens (including phenoxy) is 1. The van der Waals surface area contributed by atoms with E-state index in [1.807, 2.05) is 11.8 Å². The van der Waals surface area contributed by atoms with E-state index in [1.54, 1.807) is 12.3 Å². The van der Waals surface area contributed by atoms with Crippen molar-refractivity contribution in [3.63, 3.8) is 0 Å². The van der Waals surface area contributed by atoms with Gasteiger partial charge in [-0.2, -0.15) is 0 Å². The lowest BCUT2D eigenvalue weighted by atomic mass is 10.1. The van der Waals surface area contributed by atoms with Gasteiger partial charge in [-0.3, -0.25) is 4.79 Å². The maximum Gasteiger partial charge on any atom is 0.228 e. The van der Waals surface area contributed by atoms with Gasteiger partial charge in [0.05, 0.1) is 25.1 Å². The first-order chi connectivity index (χ1) is 18.2. The molecule has 0 radical (unpaired) electrons. The molecule has 1 saturated carbocycles. The number of morpholine rings is 1. The molecule has 11 nitrogen and oxygen atoms in total. The molecule has 0 spiro atoms. The van der Waals surface area contributed by atoms with Crippen molar-refractivity contribution in [3.8, 4) is 11.4 Å². The van der Waals surface area contributed by atoms with Gasteiger partial charge in [-0.05, 0) is 18.4 Å². The number of carbonyl (C=O) groups excluding carboxylic acids is 1. The maximum absolute atomic E-state index is 15.1. The number of nitrogens with zero attached hydrogens (tertiary/aromatic N) is 7. The minimum atomic E-state index is -2.53. The van der Waals surface area contributed by atoms with Crippen molar-refractivity contribution >= 4 is 39.8 Å². The number of anilines is 3. The lowest BCUT2D eigenvalue weighted by molar-refractivity contribution is -0.117. The van der Waals surface area contributed by atoms with Gasteiger partial charge < -0.3 is 20.3 Å². The van der Waals surface area contributed by atoms with Crippen LogP contribution in [0.1, 0.15) is 17.5 Å². The summed E-state index contributed by atoms with van der Waals surface area (Å²) in [7, 11) is 0. The molecule has 12 heteroatoms. The van der Waals surface area contributed by atoms with E-state index in [4.69, 9.17) is 8.85 Å². The minimum Gasteiger partial charge on any atom is -0.378 e. The molecule has 2 atom stereocenters. The van der Waals surface area contributed by atoms with E-state index in [2.05, 4.69) is 35.9 Å². The van der Waals surface area contributed by atoms with Gasteiger partial charge in [0.15, 0.2) is 28.9 Å². The first kappa shape index (κ1) is 18.4. The molecule has 35 heavy (non-hydrogen) atoms. The SMILES string of the molecule is [2H]C([2H])([2H])Nc1ncc(-c2nc3c(F)cc(N4CCOCC4)cn3n2)c2cc(NC(=O)[C@H]3C[C@H]3C)nnc12. The summed E-state index contributed by atoms with van der Waals surface area (Å²) in [6, 6.07) is 2.98. The molecule has 4 aromatic rings. The Bertz CT molecular complexity index is 1550. The molecule has 6 rings (SSSR count). The zero-order valence-corrected chi connectivity index (χ0v) is 18.8. The number of carbonyl (C=O) groups is 1. The first-order valence-electron chi connectivity index (χ1n) is 12.8. The Labute approximate surface area is 203 Å². The molecule has 2 aliphatic rings. The molecule has 4 aromatic heterocycles. The third-order valence-electron chi connectivity index (χ3n) is 6.44. The number of amides is 1. The van der Waals surface area contributed by atoms with Crippen LogP contribution in [0.2, 0.25) is 0 Å². The fraction of sp³-hybridized carbons (Fsp3) is 0.391. The third kappa shape index (κ3) is 3.89. The molecule has 1 aliphatic heterocycles. The van der Waals surface area contributed by atoms with Crippen molar-refractivity contribution in [3.05, 3.63) is 30.3 Å². The molecule has 2 N–H and O–H groups in total. The van der Waals surface area contributed by atoms with Gasteiger partial charge in [0, 0.05) is 53.3 Å². The van der Waals surface area contributed by atoms with Gasteiger partial charge in [-0.25, -0.2) is 18.9 Å². The van der Waals surface area contributed by atoms with E-state index in [-0.39, 0.29) is 40.4 Å². The van der Waals surface area contributed by atoms with Crippen LogP contribution in [0.15, 0.2) is 24.5 Å². The van der Waals surface area contributed by atoms with Crippen molar-refractivity contribution in [2.24, 2.45) is 11.8 Å². The average molecular weight is 481 g/mol. The van der Waals surface area contributed by atoms with Crippen LogP contribution in [0.25, 0.3) is 27.9 Å². The standard InChI is InChI=1S/C23H24FN9O2/c1-12-7-14(12)23(34)27-18-9-15-16(10-26-21(25-2)19(15)30-29-18)20-28-22-17(24)8-13(11-33(22)31-20)32-3-5-35-6-4-32/h8-12,14H,3-7H2,1-2H3,(H,25,26)(H,27,29,34)/t12-,14+/m1/s1/i2D3. The van der Waals surface area contributed by atoms with Crippen LogP contribution in [0.3, 0.4) is 0 Å². The van der Waals surface area contributed by atoms with Crippen molar-refractivity contribution < 1.29 is 18.0 Å². The van der Waals surface area contributed by atoms with E-state index >= 15 is 4.39 Å². The van der Waals surface area contributed by atoms with Crippen molar-refractivity contribution in [1.82, 2.24) is 29.8 Å². The average Bonchev–Trinajstić information content (AvgIpc) is 3.46. The molecule has 5 heterocycles. The smallest absolute Gasteiger partial charge is 0.228 e. The Morgan fingerprint density at radius 3 is 2.89 bits per heavy atom. The van der Waals surface area contributed by atoms with Gasteiger partial charge >= 0.3 is 0 Å². The van der Waals surface area contributed by atoms with E-state index in [9.17, 15) is 4.79 Å². The first-order valence-corrected chi connectivity index (χ1v) is 11.3. The topological polar surface area (TPSA) is 122 Å². The van der Waals surface area contributed by atoms with Gasteiger partial charge in [-0.15, -0.1) is 15.3 Å². The Morgan fingerprint density at radius 1 is 1.29 bits per heavy atom. The summed E-state index contributed by atoms with van der Waals surface area (Å²) in [4.78, 5) is 23.1. The fourth-order valence-corrected chi connectivity index (χ4v) is 4.31. The maximum atomic E-state index is 15.1. The quantitative estimate of drug-likeness (QED) is 0.443. The number of hydrogen-bond donors (Lipinski definition) is 2. The van der Waals surface area contributed by atoms with Gasteiger partial charge in [0.25, 0.3) is 0 Å². The number of aromatic nitrogens is 6. The van der Waals surface area contributed by atoms with E-state index in [0.29, 0.717) is 48.9 Å². The summed E-state index contributed by atoms with van der Waals surface area (Å²) < 4.78 is 44.5. The van der Waals surface area contributed by atoms with Gasteiger partial charge in [-0.1, -0.05) is 6.92 Å². The second-order valence-corrected chi connectivity index (χ2v) is 8.80. The Morgan fingerprint density at radius 2 is 2.11 bits per heavy atom. The number of pyridine rings is 2. The highest BCUT2D eigenvalue weighted by molar-refractivity contribution is 6.01. The summed E-state index contributed by atoms with van der Waals surface area (Å²) in [5.74, 6) is -0.156. The minimum absolute atomic E-state index is 0.0190. The molecule has 0 unspecified atom stereocenters. The number of rotatable bonds is 5. The zero-order valence-electron chi connectivity index (χ0n) is 21.8. The monoisotopic (exact) mass is 480 g/mol. The summed E-state index contributed by atoms with van der Waals surface area (Å²) in [6.07, 6.45) is 3.89. The number of fused-ring (bicyclic) bond motifs is 2. The Kier molecular flexibility index (Phi) is 4.41. The van der Waals surface area contributed by atoms with Crippen LogP contribution >= 0.6 is 0 Å². The Hall–Kier alpha value is -3.93.